The molecule has 0 fully saturated rings. The van der Waals surface area contributed by atoms with Crippen LogP contribution in [0.4, 0.5) is 10.8 Å². The minimum Gasteiger partial charge on any atom is -0.493 e. The molecule has 0 saturated heterocycles. The lowest BCUT2D eigenvalue weighted by atomic mass is 10.1. The summed E-state index contributed by atoms with van der Waals surface area (Å²) in [4.78, 5) is 14.9. The maximum absolute atomic E-state index is 10.9. The number of non-ortho nitro benzene ring substituents is 1. The molecule has 3 rings (SSSR count). The summed E-state index contributed by atoms with van der Waals surface area (Å²) >= 11 is 1.33. The molecule has 0 saturated carbocycles. The summed E-state index contributed by atoms with van der Waals surface area (Å²) in [6.07, 6.45) is 1.59. The van der Waals surface area contributed by atoms with E-state index >= 15 is 0 Å². The molecule has 0 aliphatic carbocycles. The first kappa shape index (κ1) is 19.8. The minimum absolute atomic E-state index is 0.0131. The first-order valence-corrected chi connectivity index (χ1v) is 9.16. The van der Waals surface area contributed by atoms with E-state index in [0.717, 1.165) is 5.56 Å². The first-order valence-electron chi connectivity index (χ1n) is 8.28. The van der Waals surface area contributed by atoms with Crippen LogP contribution in [0.25, 0.3) is 11.3 Å². The molecule has 0 unspecified atom stereocenters. The molecule has 0 atom stereocenters. The van der Waals surface area contributed by atoms with Crippen molar-refractivity contribution in [3.8, 4) is 28.8 Å². The third kappa shape index (κ3) is 5.06. The zero-order valence-corrected chi connectivity index (χ0v) is 16.0. The van der Waals surface area contributed by atoms with Gasteiger partial charge in [-0.05, 0) is 23.8 Å². The maximum Gasteiger partial charge on any atom is 0.270 e. The molecule has 0 aliphatic rings. The minimum atomic E-state index is -0.440. The normalized spacial score (nSPS) is 10.5. The number of rotatable bonds is 8. The number of hydrogen-bond donors (Lipinski definition) is 1. The van der Waals surface area contributed by atoms with Crippen LogP contribution in [0.1, 0.15) is 5.56 Å². The Morgan fingerprint density at radius 3 is 2.97 bits per heavy atom. The number of benzene rings is 2. The molecule has 1 N–H and O–H groups in total. The number of aromatic nitrogens is 1. The Morgan fingerprint density at radius 1 is 1.34 bits per heavy atom. The van der Waals surface area contributed by atoms with Gasteiger partial charge in [0.1, 0.15) is 6.07 Å². The smallest absolute Gasteiger partial charge is 0.270 e. The predicted octanol–water partition coefficient (Wildman–Crippen LogP) is 4.08. The standard InChI is InChI=1S/C19H15N5O4S/c1-27-18-9-13(5-6-17(18)28-8-7-20)11-21-23-19-22-16(12-29-19)14-3-2-4-15(10-14)24(25)26/h2-6,9-12H,8H2,1H3,(H,22,23)/b21-11-. The molecule has 0 amide bonds. The van der Waals surface area contributed by atoms with E-state index in [2.05, 4.69) is 15.5 Å². The molecule has 146 valence electrons. The molecule has 0 spiro atoms. The number of nitriles is 1. The fourth-order valence-corrected chi connectivity index (χ4v) is 3.06. The molecule has 1 heterocycles. The Balaban J connectivity index is 1.68. The third-order valence-electron chi connectivity index (χ3n) is 3.71. The van der Waals surface area contributed by atoms with Crippen LogP contribution in [0, 0.1) is 21.4 Å². The second-order valence-electron chi connectivity index (χ2n) is 5.57. The number of nitro benzene ring substituents is 1. The van der Waals surface area contributed by atoms with E-state index in [4.69, 9.17) is 14.7 Å². The van der Waals surface area contributed by atoms with Crippen molar-refractivity contribution in [2.24, 2.45) is 5.10 Å². The summed E-state index contributed by atoms with van der Waals surface area (Å²) in [7, 11) is 1.51. The number of hydrogen-bond acceptors (Lipinski definition) is 9. The summed E-state index contributed by atoms with van der Waals surface area (Å²) < 4.78 is 10.5. The van der Waals surface area contributed by atoms with E-state index in [-0.39, 0.29) is 12.3 Å². The number of methoxy groups -OCH3 is 1. The van der Waals surface area contributed by atoms with Crippen molar-refractivity contribution in [2.75, 3.05) is 19.1 Å². The SMILES string of the molecule is COc1cc(/C=N\Nc2nc(-c3cccc([N+](=O)[O-])c3)cs2)ccc1OCC#N. The molecule has 29 heavy (non-hydrogen) atoms. The summed E-state index contributed by atoms with van der Waals surface area (Å²) in [6, 6.07) is 13.4. The second kappa shape index (κ2) is 9.29. The van der Waals surface area contributed by atoms with Crippen LogP contribution in [0.15, 0.2) is 52.9 Å². The van der Waals surface area contributed by atoms with Crippen LogP contribution in [-0.4, -0.2) is 29.8 Å². The highest BCUT2D eigenvalue weighted by molar-refractivity contribution is 7.14. The van der Waals surface area contributed by atoms with Gasteiger partial charge in [0.05, 0.1) is 23.9 Å². The number of ether oxygens (including phenoxy) is 2. The summed E-state index contributed by atoms with van der Waals surface area (Å²) in [5.41, 5.74) is 4.89. The lowest BCUT2D eigenvalue weighted by Crippen LogP contribution is -1.98. The van der Waals surface area contributed by atoms with Crippen molar-refractivity contribution in [3.63, 3.8) is 0 Å². The molecule has 10 heteroatoms. The van der Waals surface area contributed by atoms with E-state index in [9.17, 15) is 10.1 Å². The van der Waals surface area contributed by atoms with Gasteiger partial charge < -0.3 is 9.47 Å². The molecule has 3 aromatic rings. The molecule has 0 bridgehead atoms. The van der Waals surface area contributed by atoms with Crippen molar-refractivity contribution in [1.82, 2.24) is 4.98 Å². The van der Waals surface area contributed by atoms with Gasteiger partial charge in [0.15, 0.2) is 18.1 Å². The number of nitro groups is 1. The average Bonchev–Trinajstić information content (AvgIpc) is 3.21. The van der Waals surface area contributed by atoms with Crippen molar-refractivity contribution >= 4 is 28.4 Å². The zero-order valence-electron chi connectivity index (χ0n) is 15.2. The van der Waals surface area contributed by atoms with E-state index in [1.54, 1.807) is 41.9 Å². The van der Waals surface area contributed by atoms with Crippen LogP contribution in [0.2, 0.25) is 0 Å². The summed E-state index contributed by atoms with van der Waals surface area (Å²) in [6.45, 7) is -0.0672. The number of anilines is 1. The van der Waals surface area contributed by atoms with Crippen molar-refractivity contribution in [3.05, 3.63) is 63.5 Å². The first-order chi connectivity index (χ1) is 14.1. The zero-order chi connectivity index (χ0) is 20.6. The van der Waals surface area contributed by atoms with Crippen LogP contribution < -0.4 is 14.9 Å². The monoisotopic (exact) mass is 409 g/mol. The summed E-state index contributed by atoms with van der Waals surface area (Å²) in [5.74, 6) is 0.965. The lowest BCUT2D eigenvalue weighted by molar-refractivity contribution is -0.384. The number of hydrazone groups is 1. The number of thiazole rings is 1. The van der Waals surface area contributed by atoms with E-state index in [0.29, 0.717) is 27.9 Å². The Hall–Kier alpha value is -3.97. The third-order valence-corrected chi connectivity index (χ3v) is 4.46. The maximum atomic E-state index is 10.9. The van der Waals surface area contributed by atoms with Gasteiger partial charge >= 0.3 is 0 Å². The fraction of sp³-hybridized carbons (Fsp3) is 0.105. The largest absolute Gasteiger partial charge is 0.493 e. The Kier molecular flexibility index (Phi) is 6.34. The van der Waals surface area contributed by atoms with Gasteiger partial charge in [-0.2, -0.15) is 10.4 Å². The van der Waals surface area contributed by atoms with Gasteiger partial charge in [0.25, 0.3) is 5.69 Å². The molecule has 0 aliphatic heterocycles. The molecule has 9 nitrogen and oxygen atoms in total. The number of nitrogens with zero attached hydrogens (tertiary/aromatic N) is 4. The lowest BCUT2D eigenvalue weighted by Gasteiger charge is -2.08. The van der Waals surface area contributed by atoms with Crippen LogP contribution in [-0.2, 0) is 0 Å². The predicted molar refractivity (Wildman–Crippen MR) is 110 cm³/mol. The van der Waals surface area contributed by atoms with Crippen molar-refractivity contribution < 1.29 is 14.4 Å². The van der Waals surface area contributed by atoms with Crippen LogP contribution >= 0.6 is 11.3 Å². The molecule has 1 aromatic heterocycles. The van der Waals surface area contributed by atoms with Gasteiger partial charge in [-0.15, -0.1) is 11.3 Å². The fourth-order valence-electron chi connectivity index (χ4n) is 2.39. The van der Waals surface area contributed by atoms with E-state index < -0.39 is 4.92 Å². The highest BCUT2D eigenvalue weighted by atomic mass is 32.1. The average molecular weight is 409 g/mol. The molecule has 2 aromatic carbocycles. The second-order valence-corrected chi connectivity index (χ2v) is 6.43. The highest BCUT2D eigenvalue weighted by Crippen LogP contribution is 2.28. The van der Waals surface area contributed by atoms with Gasteiger partial charge in [-0.3, -0.25) is 15.5 Å². The van der Waals surface area contributed by atoms with Gasteiger partial charge in [-0.25, -0.2) is 4.98 Å². The number of nitrogens with one attached hydrogen (secondary N) is 1. The quantitative estimate of drug-likeness (QED) is 0.338. The van der Waals surface area contributed by atoms with E-state index in [1.165, 1.54) is 30.6 Å². The van der Waals surface area contributed by atoms with Gasteiger partial charge in [0.2, 0.25) is 5.13 Å². The molecular formula is C19H15N5O4S. The van der Waals surface area contributed by atoms with E-state index in [1.807, 2.05) is 6.07 Å². The van der Waals surface area contributed by atoms with Crippen molar-refractivity contribution in [1.29, 1.82) is 5.26 Å². The topological polar surface area (TPSA) is 123 Å². The molecule has 0 radical (unpaired) electrons. The highest BCUT2D eigenvalue weighted by Gasteiger charge is 2.10. The van der Waals surface area contributed by atoms with Crippen LogP contribution in [0.3, 0.4) is 0 Å². The van der Waals surface area contributed by atoms with Gasteiger partial charge in [0, 0.05) is 23.1 Å². The Labute approximate surface area is 170 Å². The Morgan fingerprint density at radius 2 is 2.21 bits per heavy atom. The summed E-state index contributed by atoms with van der Waals surface area (Å²) in [5, 5.41) is 26.0. The Bertz CT molecular complexity index is 1090. The van der Waals surface area contributed by atoms with Gasteiger partial charge in [-0.1, -0.05) is 12.1 Å². The van der Waals surface area contributed by atoms with Crippen molar-refractivity contribution in [2.45, 2.75) is 0 Å². The molecular weight excluding hydrogens is 394 g/mol. The van der Waals surface area contributed by atoms with Crippen LogP contribution in [0.5, 0.6) is 11.5 Å².